The lowest BCUT2D eigenvalue weighted by molar-refractivity contribution is 0.0686. The molecule has 1 aromatic heterocycles. The average Bonchev–Trinajstić information content (AvgIpc) is 2.61. The summed E-state index contributed by atoms with van der Waals surface area (Å²) in [5.74, 6) is -1.97. The van der Waals surface area contributed by atoms with Crippen LogP contribution in [0, 0.1) is 5.82 Å². The minimum atomic E-state index is -1.32. The van der Waals surface area contributed by atoms with Crippen molar-refractivity contribution in [2.45, 2.75) is 0 Å². The number of rotatable bonds is 2. The topological polar surface area (TPSA) is 63.3 Å². The van der Waals surface area contributed by atoms with Crippen molar-refractivity contribution in [2.24, 2.45) is 0 Å². The molecular weight excluding hydrogens is 237 g/mol. The minimum absolute atomic E-state index is 0.0764. The van der Waals surface area contributed by atoms with E-state index in [4.69, 9.17) is 21.2 Å². The van der Waals surface area contributed by atoms with Crippen molar-refractivity contribution >= 4 is 17.6 Å². The Bertz CT molecular complexity index is 553. The highest BCUT2D eigenvalue weighted by molar-refractivity contribution is 6.35. The SMILES string of the molecule is O=C(O)c1noc(-c2ccccc2F)c1Cl. The molecule has 2 rings (SSSR count). The van der Waals surface area contributed by atoms with Crippen LogP contribution in [0.25, 0.3) is 11.3 Å². The summed E-state index contributed by atoms with van der Waals surface area (Å²) in [7, 11) is 0. The number of nitrogens with zero attached hydrogens (tertiary/aromatic N) is 1. The van der Waals surface area contributed by atoms with Crippen LogP contribution in [0.1, 0.15) is 10.5 Å². The fourth-order valence-corrected chi connectivity index (χ4v) is 1.48. The summed E-state index contributed by atoms with van der Waals surface area (Å²) < 4.78 is 18.1. The Kier molecular flexibility index (Phi) is 2.62. The van der Waals surface area contributed by atoms with E-state index in [1.807, 2.05) is 0 Å². The number of carboxylic acids is 1. The number of hydrogen-bond donors (Lipinski definition) is 1. The summed E-state index contributed by atoms with van der Waals surface area (Å²) in [5, 5.41) is 11.7. The molecule has 82 valence electrons. The van der Waals surface area contributed by atoms with E-state index < -0.39 is 17.5 Å². The van der Waals surface area contributed by atoms with Crippen LogP contribution in [0.3, 0.4) is 0 Å². The predicted molar refractivity (Wildman–Crippen MR) is 53.9 cm³/mol. The van der Waals surface area contributed by atoms with Gasteiger partial charge in [-0.2, -0.15) is 0 Å². The first-order chi connectivity index (χ1) is 7.61. The van der Waals surface area contributed by atoms with Crippen LogP contribution in [0.2, 0.25) is 5.02 Å². The van der Waals surface area contributed by atoms with Gasteiger partial charge in [-0.05, 0) is 12.1 Å². The molecule has 1 heterocycles. The second kappa shape index (κ2) is 3.94. The Morgan fingerprint density at radius 1 is 1.44 bits per heavy atom. The first-order valence-corrected chi connectivity index (χ1v) is 4.62. The van der Waals surface area contributed by atoms with Gasteiger partial charge in [0, 0.05) is 0 Å². The maximum Gasteiger partial charge on any atom is 0.359 e. The van der Waals surface area contributed by atoms with Crippen LogP contribution in [0.4, 0.5) is 4.39 Å². The molecule has 1 N–H and O–H groups in total. The van der Waals surface area contributed by atoms with E-state index in [0.717, 1.165) is 0 Å². The van der Waals surface area contributed by atoms with E-state index in [9.17, 15) is 9.18 Å². The van der Waals surface area contributed by atoms with Crippen molar-refractivity contribution in [1.82, 2.24) is 5.16 Å². The summed E-state index contributed by atoms with van der Waals surface area (Å²) >= 11 is 5.72. The zero-order valence-corrected chi connectivity index (χ0v) is 8.53. The molecule has 0 amide bonds. The van der Waals surface area contributed by atoms with Gasteiger partial charge in [0.2, 0.25) is 5.69 Å². The van der Waals surface area contributed by atoms with E-state index in [1.54, 1.807) is 6.07 Å². The summed E-state index contributed by atoms with van der Waals surface area (Å²) in [6.07, 6.45) is 0. The lowest BCUT2D eigenvalue weighted by Gasteiger charge is -1.97. The quantitative estimate of drug-likeness (QED) is 0.878. The highest BCUT2D eigenvalue weighted by Crippen LogP contribution is 2.32. The first-order valence-electron chi connectivity index (χ1n) is 4.24. The Balaban J connectivity index is 2.58. The Morgan fingerprint density at radius 3 is 2.69 bits per heavy atom. The minimum Gasteiger partial charge on any atom is -0.476 e. The van der Waals surface area contributed by atoms with Crippen molar-refractivity contribution in [3.63, 3.8) is 0 Å². The molecule has 0 fully saturated rings. The second-order valence-electron chi connectivity index (χ2n) is 2.96. The zero-order chi connectivity index (χ0) is 11.7. The fourth-order valence-electron chi connectivity index (χ4n) is 1.22. The van der Waals surface area contributed by atoms with Gasteiger partial charge in [-0.3, -0.25) is 0 Å². The second-order valence-corrected chi connectivity index (χ2v) is 3.34. The van der Waals surface area contributed by atoms with Crippen LogP contribution in [0.15, 0.2) is 28.8 Å². The molecule has 0 spiro atoms. The predicted octanol–water partition coefficient (Wildman–Crippen LogP) is 2.83. The molecule has 16 heavy (non-hydrogen) atoms. The molecule has 0 saturated heterocycles. The smallest absolute Gasteiger partial charge is 0.359 e. The van der Waals surface area contributed by atoms with E-state index in [-0.39, 0.29) is 16.3 Å². The third-order valence-electron chi connectivity index (χ3n) is 1.96. The van der Waals surface area contributed by atoms with Gasteiger partial charge in [-0.15, -0.1) is 0 Å². The van der Waals surface area contributed by atoms with Gasteiger partial charge in [0.05, 0.1) is 5.56 Å². The van der Waals surface area contributed by atoms with E-state index >= 15 is 0 Å². The molecule has 0 atom stereocenters. The molecule has 0 aliphatic rings. The number of halogens is 2. The molecule has 4 nitrogen and oxygen atoms in total. The molecule has 0 aliphatic carbocycles. The van der Waals surface area contributed by atoms with Crippen LogP contribution < -0.4 is 0 Å². The monoisotopic (exact) mass is 241 g/mol. The van der Waals surface area contributed by atoms with Crippen molar-refractivity contribution in [3.05, 3.63) is 40.8 Å². The average molecular weight is 242 g/mol. The van der Waals surface area contributed by atoms with Gasteiger partial charge >= 0.3 is 5.97 Å². The van der Waals surface area contributed by atoms with E-state index in [0.29, 0.717) is 0 Å². The maximum absolute atomic E-state index is 13.4. The zero-order valence-electron chi connectivity index (χ0n) is 7.78. The van der Waals surface area contributed by atoms with Crippen molar-refractivity contribution < 1.29 is 18.8 Å². The lowest BCUT2D eigenvalue weighted by Crippen LogP contribution is -1.96. The van der Waals surface area contributed by atoms with Crippen LogP contribution >= 0.6 is 11.6 Å². The molecule has 1 aromatic carbocycles. The Labute approximate surface area is 94.2 Å². The van der Waals surface area contributed by atoms with Crippen LogP contribution in [-0.4, -0.2) is 16.2 Å². The molecule has 0 saturated carbocycles. The third kappa shape index (κ3) is 1.65. The standard InChI is InChI=1S/C10H5ClFNO3/c11-7-8(10(14)15)13-16-9(7)5-3-1-2-4-6(5)12/h1-4H,(H,14,15). The maximum atomic E-state index is 13.4. The van der Waals surface area contributed by atoms with E-state index in [2.05, 4.69) is 5.16 Å². The number of carbonyl (C=O) groups is 1. The van der Waals surface area contributed by atoms with Crippen molar-refractivity contribution in [3.8, 4) is 11.3 Å². The Morgan fingerprint density at radius 2 is 2.12 bits per heavy atom. The molecule has 0 aliphatic heterocycles. The molecule has 6 heteroatoms. The highest BCUT2D eigenvalue weighted by Gasteiger charge is 2.22. The van der Waals surface area contributed by atoms with Gasteiger partial charge in [-0.1, -0.05) is 28.9 Å². The fraction of sp³-hybridized carbons (Fsp3) is 0. The van der Waals surface area contributed by atoms with Gasteiger partial charge in [0.1, 0.15) is 10.8 Å². The van der Waals surface area contributed by atoms with Crippen LogP contribution in [0.5, 0.6) is 0 Å². The summed E-state index contributed by atoms with van der Waals surface area (Å²) in [5.41, 5.74) is -0.354. The van der Waals surface area contributed by atoms with Crippen LogP contribution in [-0.2, 0) is 0 Å². The summed E-state index contributed by atoms with van der Waals surface area (Å²) in [6, 6.07) is 5.72. The van der Waals surface area contributed by atoms with Gasteiger partial charge < -0.3 is 9.63 Å². The summed E-state index contributed by atoms with van der Waals surface area (Å²) in [6.45, 7) is 0. The number of carboxylic acid groups (broad SMARTS) is 1. The highest BCUT2D eigenvalue weighted by atomic mass is 35.5. The van der Waals surface area contributed by atoms with Crippen molar-refractivity contribution in [2.75, 3.05) is 0 Å². The first kappa shape index (κ1) is 10.6. The number of hydrogen-bond acceptors (Lipinski definition) is 3. The molecule has 0 unspecified atom stereocenters. The number of aromatic nitrogens is 1. The molecule has 0 radical (unpaired) electrons. The largest absolute Gasteiger partial charge is 0.476 e. The van der Waals surface area contributed by atoms with Crippen molar-refractivity contribution in [1.29, 1.82) is 0 Å². The van der Waals surface area contributed by atoms with Gasteiger partial charge in [-0.25, -0.2) is 9.18 Å². The van der Waals surface area contributed by atoms with Gasteiger partial charge in [0.25, 0.3) is 0 Å². The number of aromatic carboxylic acids is 1. The van der Waals surface area contributed by atoms with Gasteiger partial charge in [0.15, 0.2) is 5.76 Å². The molecule has 0 bridgehead atoms. The Hall–Kier alpha value is -1.88. The summed E-state index contributed by atoms with van der Waals surface area (Å²) in [4.78, 5) is 10.7. The lowest BCUT2D eigenvalue weighted by atomic mass is 10.1. The molecular formula is C10H5ClFNO3. The third-order valence-corrected chi connectivity index (χ3v) is 2.31. The van der Waals surface area contributed by atoms with E-state index in [1.165, 1.54) is 18.2 Å². The molecule has 2 aromatic rings. The normalized spacial score (nSPS) is 10.4. The number of benzene rings is 1.